The molecule has 0 saturated heterocycles. The Morgan fingerprint density at radius 3 is 2.95 bits per heavy atom. The zero-order valence-electron chi connectivity index (χ0n) is 12.1. The second kappa shape index (κ2) is 7.33. The van der Waals surface area contributed by atoms with E-state index in [-0.39, 0.29) is 11.7 Å². The summed E-state index contributed by atoms with van der Waals surface area (Å²) in [5, 5.41) is 3.70. The van der Waals surface area contributed by atoms with Crippen LogP contribution in [0, 0.1) is 0 Å². The van der Waals surface area contributed by atoms with E-state index in [1.807, 2.05) is 6.92 Å². The summed E-state index contributed by atoms with van der Waals surface area (Å²) in [6.45, 7) is 9.34. The van der Waals surface area contributed by atoms with Gasteiger partial charge in [0.25, 0.3) is 5.22 Å². The van der Waals surface area contributed by atoms with Gasteiger partial charge in [-0.1, -0.05) is 48.2 Å². The number of benzene rings is 1. The maximum Gasteiger partial charge on any atom is 0.257 e. The van der Waals surface area contributed by atoms with Crippen molar-refractivity contribution in [2.24, 2.45) is 0 Å². The van der Waals surface area contributed by atoms with E-state index in [1.54, 1.807) is 30.4 Å². The van der Waals surface area contributed by atoms with Gasteiger partial charge in [0.2, 0.25) is 5.91 Å². The van der Waals surface area contributed by atoms with Crippen molar-refractivity contribution in [3.8, 4) is 0 Å². The summed E-state index contributed by atoms with van der Waals surface area (Å²) in [7, 11) is 0. The lowest BCUT2D eigenvalue weighted by molar-refractivity contribution is -0.117. The molecular weight excluding hydrogens is 320 g/mol. The summed E-state index contributed by atoms with van der Waals surface area (Å²) in [6, 6.07) is 5.20. The maximum absolute atomic E-state index is 11.8. The van der Waals surface area contributed by atoms with E-state index in [0.717, 1.165) is 5.57 Å². The van der Waals surface area contributed by atoms with Crippen LogP contribution >= 0.6 is 23.4 Å². The van der Waals surface area contributed by atoms with E-state index in [4.69, 9.17) is 16.0 Å². The first-order chi connectivity index (χ1) is 10.4. The molecule has 1 N–H and O–H groups in total. The van der Waals surface area contributed by atoms with Crippen molar-refractivity contribution in [1.29, 1.82) is 0 Å². The number of nitrogens with zero attached hydrogens (tertiary/aromatic N) is 1. The van der Waals surface area contributed by atoms with Gasteiger partial charge in [-0.2, -0.15) is 0 Å². The number of hydrogen-bond acceptors (Lipinski definition) is 4. The molecule has 0 saturated carbocycles. The predicted octanol–water partition coefficient (Wildman–Crippen LogP) is 4.34. The minimum Gasteiger partial charge on any atom is -0.431 e. The van der Waals surface area contributed by atoms with Crippen LogP contribution in [0.2, 0.25) is 5.02 Å². The standard InChI is InChI=1S/C16H15ClN2O2S/c1-10(2)4-5-11(3)18-15(20)9-22-16-19-13-8-12(17)6-7-14(13)21-16/h4-8H,1,3,9H2,2H3,(H,18,20)/b5-4-. The molecular formula is C16H15ClN2O2S. The summed E-state index contributed by atoms with van der Waals surface area (Å²) in [6.07, 6.45) is 3.48. The van der Waals surface area contributed by atoms with Gasteiger partial charge in [-0.25, -0.2) is 4.98 Å². The van der Waals surface area contributed by atoms with E-state index in [0.29, 0.717) is 27.0 Å². The van der Waals surface area contributed by atoms with Gasteiger partial charge in [-0.3, -0.25) is 4.79 Å². The highest BCUT2D eigenvalue weighted by atomic mass is 35.5. The van der Waals surface area contributed by atoms with Gasteiger partial charge in [0.15, 0.2) is 5.58 Å². The Labute approximate surface area is 137 Å². The monoisotopic (exact) mass is 334 g/mol. The predicted molar refractivity (Wildman–Crippen MR) is 91.0 cm³/mol. The Kier molecular flexibility index (Phi) is 5.46. The minimum atomic E-state index is -0.179. The number of thioether (sulfide) groups is 1. The Morgan fingerprint density at radius 1 is 1.45 bits per heavy atom. The van der Waals surface area contributed by atoms with Crippen LogP contribution in [-0.2, 0) is 4.79 Å². The van der Waals surface area contributed by atoms with Crippen molar-refractivity contribution >= 4 is 40.4 Å². The van der Waals surface area contributed by atoms with Crippen LogP contribution < -0.4 is 5.32 Å². The molecule has 4 nitrogen and oxygen atoms in total. The molecule has 1 heterocycles. The van der Waals surface area contributed by atoms with Gasteiger partial charge < -0.3 is 9.73 Å². The number of oxazole rings is 1. The lowest BCUT2D eigenvalue weighted by Gasteiger charge is -2.02. The molecule has 114 valence electrons. The fourth-order valence-electron chi connectivity index (χ4n) is 1.57. The van der Waals surface area contributed by atoms with Crippen molar-refractivity contribution in [1.82, 2.24) is 10.3 Å². The van der Waals surface area contributed by atoms with Crippen LogP contribution in [-0.4, -0.2) is 16.6 Å². The van der Waals surface area contributed by atoms with Crippen molar-refractivity contribution < 1.29 is 9.21 Å². The molecule has 0 aliphatic rings. The highest BCUT2D eigenvalue weighted by Gasteiger charge is 2.09. The molecule has 0 spiro atoms. The Balaban J connectivity index is 1.89. The highest BCUT2D eigenvalue weighted by molar-refractivity contribution is 7.99. The van der Waals surface area contributed by atoms with Crippen LogP contribution in [0.5, 0.6) is 0 Å². The molecule has 1 aromatic carbocycles. The molecule has 2 aromatic rings. The number of fused-ring (bicyclic) bond motifs is 1. The molecule has 0 atom stereocenters. The molecule has 0 fully saturated rings. The number of carbonyl (C=O) groups is 1. The van der Waals surface area contributed by atoms with Crippen LogP contribution in [0.25, 0.3) is 11.1 Å². The third kappa shape index (κ3) is 4.79. The molecule has 0 radical (unpaired) electrons. The van der Waals surface area contributed by atoms with Crippen molar-refractivity contribution in [2.45, 2.75) is 12.1 Å². The van der Waals surface area contributed by atoms with Gasteiger partial charge in [-0.05, 0) is 31.2 Å². The third-order valence-electron chi connectivity index (χ3n) is 2.53. The molecule has 0 bridgehead atoms. The van der Waals surface area contributed by atoms with E-state index in [9.17, 15) is 4.79 Å². The molecule has 2 rings (SSSR count). The van der Waals surface area contributed by atoms with E-state index in [2.05, 4.69) is 23.5 Å². The Bertz CT molecular complexity index is 765. The fraction of sp³-hybridized carbons (Fsp3) is 0.125. The summed E-state index contributed by atoms with van der Waals surface area (Å²) >= 11 is 7.10. The number of rotatable bonds is 6. The lowest BCUT2D eigenvalue weighted by atomic mass is 10.3. The molecule has 0 aliphatic carbocycles. The number of nitrogens with one attached hydrogen (secondary N) is 1. The molecule has 1 aromatic heterocycles. The van der Waals surface area contributed by atoms with Crippen molar-refractivity contribution in [3.05, 3.63) is 59.8 Å². The molecule has 6 heteroatoms. The first kappa shape index (κ1) is 16.4. The lowest BCUT2D eigenvalue weighted by Crippen LogP contribution is -2.23. The maximum atomic E-state index is 11.8. The Morgan fingerprint density at radius 2 is 2.23 bits per heavy atom. The first-order valence-electron chi connectivity index (χ1n) is 6.45. The fourth-order valence-corrected chi connectivity index (χ4v) is 2.37. The average Bonchev–Trinajstić information content (AvgIpc) is 2.85. The summed E-state index contributed by atoms with van der Waals surface area (Å²) in [5.74, 6) is 0.00201. The average molecular weight is 335 g/mol. The summed E-state index contributed by atoms with van der Waals surface area (Å²) < 4.78 is 5.52. The minimum absolute atomic E-state index is 0.179. The molecule has 0 unspecified atom stereocenters. The topological polar surface area (TPSA) is 55.1 Å². The van der Waals surface area contributed by atoms with Crippen LogP contribution in [0.3, 0.4) is 0 Å². The number of hydrogen-bond donors (Lipinski definition) is 1. The summed E-state index contributed by atoms with van der Waals surface area (Å²) in [5.41, 5.74) is 2.71. The van der Waals surface area contributed by atoms with Crippen LogP contribution in [0.4, 0.5) is 0 Å². The Hall–Kier alpha value is -1.98. The molecule has 22 heavy (non-hydrogen) atoms. The van der Waals surface area contributed by atoms with Gasteiger partial charge in [0, 0.05) is 10.7 Å². The smallest absolute Gasteiger partial charge is 0.257 e. The van der Waals surface area contributed by atoms with Gasteiger partial charge in [0.05, 0.1) is 5.75 Å². The van der Waals surface area contributed by atoms with Crippen molar-refractivity contribution in [2.75, 3.05) is 5.75 Å². The summed E-state index contributed by atoms with van der Waals surface area (Å²) in [4.78, 5) is 16.1. The number of amides is 1. The third-order valence-corrected chi connectivity index (χ3v) is 3.59. The van der Waals surface area contributed by atoms with Gasteiger partial charge >= 0.3 is 0 Å². The van der Waals surface area contributed by atoms with Gasteiger partial charge in [-0.15, -0.1) is 0 Å². The normalized spacial score (nSPS) is 11.0. The van der Waals surface area contributed by atoms with E-state index >= 15 is 0 Å². The second-order valence-electron chi connectivity index (χ2n) is 4.63. The second-order valence-corrected chi connectivity index (χ2v) is 6.00. The van der Waals surface area contributed by atoms with Crippen LogP contribution in [0.15, 0.2) is 64.4 Å². The largest absolute Gasteiger partial charge is 0.431 e. The number of carbonyl (C=O) groups excluding carboxylic acids is 1. The van der Waals surface area contributed by atoms with E-state index < -0.39 is 0 Å². The van der Waals surface area contributed by atoms with Crippen LogP contribution in [0.1, 0.15) is 6.92 Å². The molecule has 1 amide bonds. The van der Waals surface area contributed by atoms with Gasteiger partial charge in [0.1, 0.15) is 5.52 Å². The zero-order valence-corrected chi connectivity index (χ0v) is 13.6. The number of allylic oxidation sites excluding steroid dienone is 3. The first-order valence-corrected chi connectivity index (χ1v) is 7.81. The molecule has 0 aliphatic heterocycles. The highest BCUT2D eigenvalue weighted by Crippen LogP contribution is 2.25. The quantitative estimate of drug-likeness (QED) is 0.631. The zero-order chi connectivity index (χ0) is 16.1. The number of aromatic nitrogens is 1. The SMILES string of the molecule is C=C(C)/C=C\C(=C)NC(=O)CSc1nc2cc(Cl)ccc2o1. The number of halogens is 1. The van der Waals surface area contributed by atoms with E-state index in [1.165, 1.54) is 11.8 Å². The van der Waals surface area contributed by atoms with Crippen molar-refractivity contribution in [3.63, 3.8) is 0 Å².